The predicted molar refractivity (Wildman–Crippen MR) is 90.6 cm³/mol. The van der Waals surface area contributed by atoms with E-state index in [1.54, 1.807) is 12.4 Å². The van der Waals surface area contributed by atoms with Crippen molar-refractivity contribution in [3.8, 4) is 11.3 Å². The number of H-pyrrole nitrogens is 1. The average molecular weight is 302 g/mol. The summed E-state index contributed by atoms with van der Waals surface area (Å²) in [5.74, 6) is 0.508. The lowest BCUT2D eigenvalue weighted by Gasteiger charge is -2.22. The molecule has 3 heteroatoms. The molecule has 0 amide bonds. The van der Waals surface area contributed by atoms with Crippen LogP contribution in [0.25, 0.3) is 11.3 Å². The SMILES string of the molecule is Cc1c(-c2ccncc2)[nH]c2c1C(=O)CC(c1ccccc1)C2. The van der Waals surface area contributed by atoms with Crippen molar-refractivity contribution < 1.29 is 4.79 Å². The van der Waals surface area contributed by atoms with Crippen molar-refractivity contribution in [1.29, 1.82) is 0 Å². The van der Waals surface area contributed by atoms with E-state index in [-0.39, 0.29) is 11.7 Å². The first kappa shape index (κ1) is 13.9. The van der Waals surface area contributed by atoms with Crippen molar-refractivity contribution in [1.82, 2.24) is 9.97 Å². The maximum atomic E-state index is 12.7. The number of pyridine rings is 1. The standard InChI is InChI=1S/C20H18N2O/c1-13-19-17(22-20(13)15-7-9-21-10-8-15)11-16(12-18(19)23)14-5-3-2-4-6-14/h2-10,16,22H,11-12H2,1H3. The topological polar surface area (TPSA) is 45.8 Å². The second kappa shape index (κ2) is 5.51. The Morgan fingerprint density at radius 3 is 2.52 bits per heavy atom. The smallest absolute Gasteiger partial charge is 0.165 e. The lowest BCUT2D eigenvalue weighted by molar-refractivity contribution is 0.0963. The summed E-state index contributed by atoms with van der Waals surface area (Å²) in [6, 6.07) is 14.3. The van der Waals surface area contributed by atoms with E-state index in [9.17, 15) is 4.79 Å². The molecule has 2 aromatic heterocycles. The second-order valence-corrected chi connectivity index (χ2v) is 6.15. The molecule has 2 heterocycles. The Kier molecular flexibility index (Phi) is 3.34. The molecule has 0 aliphatic heterocycles. The normalized spacial score (nSPS) is 17.1. The van der Waals surface area contributed by atoms with E-state index < -0.39 is 0 Å². The van der Waals surface area contributed by atoms with Gasteiger partial charge in [0.25, 0.3) is 0 Å². The predicted octanol–water partition coefficient (Wildman–Crippen LogP) is 4.30. The largest absolute Gasteiger partial charge is 0.358 e. The summed E-state index contributed by atoms with van der Waals surface area (Å²) in [4.78, 5) is 20.3. The molecule has 23 heavy (non-hydrogen) atoms. The maximum Gasteiger partial charge on any atom is 0.165 e. The zero-order valence-electron chi connectivity index (χ0n) is 13.0. The van der Waals surface area contributed by atoms with Crippen LogP contribution in [0.3, 0.4) is 0 Å². The molecule has 0 saturated carbocycles. The number of carbonyl (C=O) groups is 1. The van der Waals surface area contributed by atoms with Crippen molar-refractivity contribution in [3.05, 3.63) is 77.2 Å². The number of nitrogens with zero attached hydrogens (tertiary/aromatic N) is 1. The van der Waals surface area contributed by atoms with E-state index in [1.807, 2.05) is 37.3 Å². The van der Waals surface area contributed by atoms with Crippen LogP contribution in [0.1, 0.15) is 39.5 Å². The fourth-order valence-electron chi connectivity index (χ4n) is 3.60. The van der Waals surface area contributed by atoms with Crippen LogP contribution >= 0.6 is 0 Å². The van der Waals surface area contributed by atoms with Gasteiger partial charge in [0.2, 0.25) is 0 Å². The first-order valence-corrected chi connectivity index (χ1v) is 7.94. The highest BCUT2D eigenvalue weighted by Gasteiger charge is 2.30. The van der Waals surface area contributed by atoms with E-state index in [1.165, 1.54) is 5.56 Å². The third-order valence-corrected chi connectivity index (χ3v) is 4.73. The lowest BCUT2D eigenvalue weighted by Crippen LogP contribution is -2.18. The molecule has 1 aliphatic rings. The van der Waals surface area contributed by atoms with E-state index in [2.05, 4.69) is 22.1 Å². The Bertz CT molecular complexity index is 850. The molecular weight excluding hydrogens is 284 g/mol. The number of hydrogen-bond acceptors (Lipinski definition) is 2. The average Bonchev–Trinajstić information content (AvgIpc) is 2.94. The number of hydrogen-bond donors (Lipinski definition) is 1. The van der Waals surface area contributed by atoms with Crippen LogP contribution < -0.4 is 0 Å². The number of aromatic nitrogens is 2. The quantitative estimate of drug-likeness (QED) is 0.767. The molecule has 1 atom stereocenters. The third-order valence-electron chi connectivity index (χ3n) is 4.73. The Morgan fingerprint density at radius 2 is 1.78 bits per heavy atom. The van der Waals surface area contributed by atoms with Crippen LogP contribution in [0, 0.1) is 6.92 Å². The molecule has 3 nitrogen and oxygen atoms in total. The second-order valence-electron chi connectivity index (χ2n) is 6.15. The minimum atomic E-state index is 0.245. The highest BCUT2D eigenvalue weighted by molar-refractivity contribution is 6.02. The highest BCUT2D eigenvalue weighted by Crippen LogP contribution is 2.37. The van der Waals surface area contributed by atoms with E-state index in [0.29, 0.717) is 6.42 Å². The molecule has 0 spiro atoms. The molecule has 0 saturated heterocycles. The molecule has 3 aromatic rings. The molecule has 0 radical (unpaired) electrons. The molecular formula is C20H18N2O. The zero-order valence-corrected chi connectivity index (χ0v) is 13.0. The first-order chi connectivity index (χ1) is 11.2. The summed E-state index contributed by atoms with van der Waals surface area (Å²) < 4.78 is 0. The zero-order chi connectivity index (χ0) is 15.8. The van der Waals surface area contributed by atoms with Crippen LogP contribution in [0.5, 0.6) is 0 Å². The molecule has 114 valence electrons. The Balaban J connectivity index is 1.76. The van der Waals surface area contributed by atoms with Crippen molar-refractivity contribution in [2.75, 3.05) is 0 Å². The van der Waals surface area contributed by atoms with Gasteiger partial charge in [-0.25, -0.2) is 0 Å². The molecule has 1 aromatic carbocycles. The van der Waals surface area contributed by atoms with Gasteiger partial charge >= 0.3 is 0 Å². The van der Waals surface area contributed by atoms with E-state index in [4.69, 9.17) is 0 Å². The summed E-state index contributed by atoms with van der Waals surface area (Å²) in [5, 5.41) is 0. The maximum absolute atomic E-state index is 12.7. The van der Waals surface area contributed by atoms with Crippen LogP contribution in [0.4, 0.5) is 0 Å². The number of fused-ring (bicyclic) bond motifs is 1. The Hall–Kier alpha value is -2.68. The molecule has 0 fully saturated rings. The molecule has 1 N–H and O–H groups in total. The van der Waals surface area contributed by atoms with Gasteiger partial charge in [0.1, 0.15) is 0 Å². The summed E-state index contributed by atoms with van der Waals surface area (Å²) in [6.07, 6.45) is 5.04. The molecule has 1 aliphatic carbocycles. The minimum Gasteiger partial charge on any atom is -0.358 e. The number of rotatable bonds is 2. The number of Topliss-reactive ketones (excluding diaryl/α,β-unsaturated/α-hetero) is 1. The third kappa shape index (κ3) is 2.38. The van der Waals surface area contributed by atoms with Gasteiger partial charge in [-0.2, -0.15) is 0 Å². The van der Waals surface area contributed by atoms with Gasteiger partial charge in [-0.05, 0) is 42.5 Å². The van der Waals surface area contributed by atoms with Crippen LogP contribution in [0.2, 0.25) is 0 Å². The number of aromatic amines is 1. The Labute approximate surface area is 135 Å². The van der Waals surface area contributed by atoms with Crippen LogP contribution in [0.15, 0.2) is 54.9 Å². The summed E-state index contributed by atoms with van der Waals surface area (Å²) >= 11 is 0. The molecule has 1 unspecified atom stereocenters. The van der Waals surface area contributed by atoms with Gasteiger partial charge < -0.3 is 4.98 Å². The van der Waals surface area contributed by atoms with Gasteiger partial charge in [0.15, 0.2) is 5.78 Å². The van der Waals surface area contributed by atoms with Crippen molar-refractivity contribution in [2.24, 2.45) is 0 Å². The number of carbonyl (C=O) groups excluding carboxylic acids is 1. The van der Waals surface area contributed by atoms with Crippen molar-refractivity contribution >= 4 is 5.78 Å². The fourth-order valence-corrected chi connectivity index (χ4v) is 3.60. The van der Waals surface area contributed by atoms with Gasteiger partial charge in [0.05, 0.1) is 0 Å². The first-order valence-electron chi connectivity index (χ1n) is 7.94. The van der Waals surface area contributed by atoms with Crippen molar-refractivity contribution in [3.63, 3.8) is 0 Å². The fraction of sp³-hybridized carbons (Fsp3) is 0.200. The van der Waals surface area contributed by atoms with Crippen LogP contribution in [-0.2, 0) is 6.42 Å². The number of benzene rings is 1. The summed E-state index contributed by atoms with van der Waals surface area (Å²) in [7, 11) is 0. The van der Waals surface area contributed by atoms with E-state index in [0.717, 1.165) is 34.5 Å². The minimum absolute atomic E-state index is 0.245. The molecule has 0 bridgehead atoms. The number of ketones is 1. The van der Waals surface area contributed by atoms with Gasteiger partial charge in [-0.15, -0.1) is 0 Å². The monoisotopic (exact) mass is 302 g/mol. The Morgan fingerprint density at radius 1 is 1.04 bits per heavy atom. The van der Waals surface area contributed by atoms with Crippen LogP contribution in [-0.4, -0.2) is 15.8 Å². The summed E-state index contributed by atoms with van der Waals surface area (Å²) in [5.41, 5.74) is 6.38. The van der Waals surface area contributed by atoms with Crippen molar-refractivity contribution in [2.45, 2.75) is 25.7 Å². The summed E-state index contributed by atoms with van der Waals surface area (Å²) in [6.45, 7) is 2.03. The highest BCUT2D eigenvalue weighted by atomic mass is 16.1. The lowest BCUT2D eigenvalue weighted by atomic mass is 9.81. The number of nitrogens with one attached hydrogen (secondary N) is 1. The molecule has 4 rings (SSSR count). The van der Waals surface area contributed by atoms with Gasteiger partial charge in [0, 0.05) is 41.3 Å². The van der Waals surface area contributed by atoms with E-state index >= 15 is 0 Å². The van der Waals surface area contributed by atoms with Gasteiger partial charge in [-0.1, -0.05) is 30.3 Å². The van der Waals surface area contributed by atoms with Gasteiger partial charge in [-0.3, -0.25) is 9.78 Å².